The first-order chi connectivity index (χ1) is 10.7. The zero-order chi connectivity index (χ0) is 15.8. The van der Waals surface area contributed by atoms with E-state index in [0.29, 0.717) is 5.92 Å². The summed E-state index contributed by atoms with van der Waals surface area (Å²) >= 11 is 0. The number of nitriles is 1. The molecule has 2 rings (SSSR count). The summed E-state index contributed by atoms with van der Waals surface area (Å²) in [6.07, 6.45) is 12.6. The predicted molar refractivity (Wildman–Crippen MR) is 84.1 cm³/mol. The molecule has 0 heterocycles. The van der Waals surface area contributed by atoms with Crippen LogP contribution in [0.4, 0.5) is 8.78 Å². The molecule has 1 nitrogen and oxygen atoms in total. The van der Waals surface area contributed by atoms with Crippen LogP contribution in [-0.4, -0.2) is 0 Å². The Morgan fingerprint density at radius 2 is 1.73 bits per heavy atom. The van der Waals surface area contributed by atoms with Crippen molar-refractivity contribution in [2.24, 2.45) is 11.8 Å². The molecule has 0 atom stereocenters. The van der Waals surface area contributed by atoms with Gasteiger partial charge in [0.1, 0.15) is 0 Å². The second kappa shape index (κ2) is 8.68. The van der Waals surface area contributed by atoms with Crippen LogP contribution in [0.2, 0.25) is 0 Å². The Kier molecular flexibility index (Phi) is 6.58. The molecule has 3 heteroatoms. The second-order valence-corrected chi connectivity index (χ2v) is 6.28. The van der Waals surface area contributed by atoms with E-state index in [0.717, 1.165) is 30.7 Å². The molecule has 0 amide bonds. The first kappa shape index (κ1) is 16.7. The Balaban J connectivity index is 1.68. The van der Waals surface area contributed by atoms with Crippen LogP contribution < -0.4 is 0 Å². The minimum atomic E-state index is -0.769. The third kappa shape index (κ3) is 5.26. The van der Waals surface area contributed by atoms with E-state index in [2.05, 4.69) is 0 Å². The van der Waals surface area contributed by atoms with Gasteiger partial charge in [0.05, 0.1) is 6.07 Å². The van der Waals surface area contributed by atoms with Crippen molar-refractivity contribution < 1.29 is 8.78 Å². The molecule has 0 spiro atoms. The molecule has 0 unspecified atom stereocenters. The van der Waals surface area contributed by atoms with Crippen LogP contribution >= 0.6 is 0 Å². The molecule has 0 saturated heterocycles. The van der Waals surface area contributed by atoms with E-state index >= 15 is 0 Å². The summed E-state index contributed by atoms with van der Waals surface area (Å²) in [6, 6.07) is 6.25. The van der Waals surface area contributed by atoms with Gasteiger partial charge in [-0.2, -0.15) is 5.26 Å². The molecule has 0 aromatic heterocycles. The Hall–Kier alpha value is -1.69. The molecule has 1 aliphatic carbocycles. The van der Waals surface area contributed by atoms with Gasteiger partial charge in [0.15, 0.2) is 11.6 Å². The summed E-state index contributed by atoms with van der Waals surface area (Å²) in [5.74, 6) is -0.0248. The Bertz CT molecular complexity index is 537. The zero-order valence-corrected chi connectivity index (χ0v) is 12.9. The summed E-state index contributed by atoms with van der Waals surface area (Å²) in [4.78, 5) is 0. The third-order valence-corrected chi connectivity index (χ3v) is 4.73. The number of aryl methyl sites for hydroxylation is 1. The van der Waals surface area contributed by atoms with Gasteiger partial charge in [-0.25, -0.2) is 8.78 Å². The minimum absolute atomic E-state index is 0.707. The van der Waals surface area contributed by atoms with Gasteiger partial charge >= 0.3 is 0 Å². The lowest BCUT2D eigenvalue weighted by atomic mass is 9.78. The highest BCUT2D eigenvalue weighted by molar-refractivity contribution is 5.17. The summed E-state index contributed by atoms with van der Waals surface area (Å²) in [7, 11) is 0. The van der Waals surface area contributed by atoms with Crippen molar-refractivity contribution in [3.63, 3.8) is 0 Å². The van der Waals surface area contributed by atoms with E-state index in [9.17, 15) is 8.78 Å². The van der Waals surface area contributed by atoms with Gasteiger partial charge in [-0.15, -0.1) is 0 Å². The van der Waals surface area contributed by atoms with E-state index in [1.807, 2.05) is 12.1 Å². The third-order valence-electron chi connectivity index (χ3n) is 4.73. The van der Waals surface area contributed by atoms with Crippen molar-refractivity contribution >= 4 is 0 Å². The SMILES string of the molecule is N#CC=CCC[C@H]1CC[C@H](CCc2ccc(F)c(F)c2)CC1. The lowest BCUT2D eigenvalue weighted by Crippen LogP contribution is -2.15. The molecule has 118 valence electrons. The van der Waals surface area contributed by atoms with Crippen LogP contribution in [0.5, 0.6) is 0 Å². The highest BCUT2D eigenvalue weighted by atomic mass is 19.2. The first-order valence-corrected chi connectivity index (χ1v) is 8.17. The van der Waals surface area contributed by atoms with Gasteiger partial charge in [0.25, 0.3) is 0 Å². The average Bonchev–Trinajstić information content (AvgIpc) is 2.54. The summed E-state index contributed by atoms with van der Waals surface area (Å²) < 4.78 is 26.1. The van der Waals surface area contributed by atoms with Crippen LogP contribution in [0.15, 0.2) is 30.4 Å². The molecule has 22 heavy (non-hydrogen) atoms. The summed E-state index contributed by atoms with van der Waals surface area (Å²) in [5.41, 5.74) is 0.891. The fourth-order valence-electron chi connectivity index (χ4n) is 3.34. The molecule has 0 bridgehead atoms. The number of halogens is 2. The fourth-order valence-corrected chi connectivity index (χ4v) is 3.34. The first-order valence-electron chi connectivity index (χ1n) is 8.17. The van der Waals surface area contributed by atoms with Crippen molar-refractivity contribution in [1.29, 1.82) is 5.26 Å². The van der Waals surface area contributed by atoms with Gasteiger partial charge in [-0.1, -0.05) is 37.8 Å². The van der Waals surface area contributed by atoms with E-state index in [4.69, 9.17) is 5.26 Å². The van der Waals surface area contributed by atoms with E-state index in [1.54, 1.807) is 12.1 Å². The molecule has 0 N–H and O–H groups in total. The monoisotopic (exact) mass is 303 g/mol. The maximum Gasteiger partial charge on any atom is 0.159 e. The minimum Gasteiger partial charge on any atom is -0.204 e. The van der Waals surface area contributed by atoms with E-state index in [-0.39, 0.29) is 0 Å². The van der Waals surface area contributed by atoms with Gasteiger partial charge in [-0.05, 0) is 55.2 Å². The van der Waals surface area contributed by atoms with Crippen LogP contribution in [0.1, 0.15) is 50.5 Å². The maximum atomic E-state index is 13.2. The largest absolute Gasteiger partial charge is 0.204 e. The van der Waals surface area contributed by atoms with Gasteiger partial charge in [-0.3, -0.25) is 0 Å². The quantitative estimate of drug-likeness (QED) is 0.631. The molecule has 0 aliphatic heterocycles. The Morgan fingerprint density at radius 3 is 2.36 bits per heavy atom. The molecule has 1 aromatic carbocycles. The van der Waals surface area contributed by atoms with E-state index in [1.165, 1.54) is 44.2 Å². The lowest BCUT2D eigenvalue weighted by molar-refractivity contribution is 0.254. The number of nitrogens with zero attached hydrogens (tertiary/aromatic N) is 1. The summed E-state index contributed by atoms with van der Waals surface area (Å²) in [6.45, 7) is 0. The van der Waals surface area contributed by atoms with Crippen molar-refractivity contribution in [2.75, 3.05) is 0 Å². The average molecular weight is 303 g/mol. The second-order valence-electron chi connectivity index (χ2n) is 6.28. The predicted octanol–water partition coefficient (Wildman–Crippen LogP) is 5.56. The normalized spacial score (nSPS) is 21.9. The molecule has 1 aliphatic rings. The van der Waals surface area contributed by atoms with Crippen molar-refractivity contribution in [3.05, 3.63) is 47.5 Å². The van der Waals surface area contributed by atoms with Crippen LogP contribution in [0.3, 0.4) is 0 Å². The van der Waals surface area contributed by atoms with Gasteiger partial charge in [0, 0.05) is 6.08 Å². The fraction of sp³-hybridized carbons (Fsp3) is 0.526. The number of rotatable bonds is 6. The molecule has 1 aromatic rings. The van der Waals surface area contributed by atoms with Crippen LogP contribution in [0.25, 0.3) is 0 Å². The Morgan fingerprint density at radius 1 is 1.05 bits per heavy atom. The van der Waals surface area contributed by atoms with Crippen molar-refractivity contribution in [1.82, 2.24) is 0 Å². The molecule has 0 radical (unpaired) electrons. The van der Waals surface area contributed by atoms with Gasteiger partial charge < -0.3 is 0 Å². The topological polar surface area (TPSA) is 23.8 Å². The maximum absolute atomic E-state index is 13.2. The van der Waals surface area contributed by atoms with Crippen LogP contribution in [0, 0.1) is 34.8 Å². The lowest BCUT2D eigenvalue weighted by Gasteiger charge is -2.28. The smallest absolute Gasteiger partial charge is 0.159 e. The van der Waals surface area contributed by atoms with Crippen molar-refractivity contribution in [2.45, 2.75) is 51.4 Å². The molecular weight excluding hydrogens is 280 g/mol. The van der Waals surface area contributed by atoms with Gasteiger partial charge in [0.2, 0.25) is 0 Å². The number of hydrogen-bond donors (Lipinski definition) is 0. The molecule has 1 fully saturated rings. The highest BCUT2D eigenvalue weighted by Crippen LogP contribution is 2.34. The standard InChI is InChI=1S/C19H23F2N/c20-18-12-11-17(14-19(18)21)10-9-16-7-5-15(6-8-16)4-2-1-3-13-22/h1,3,11-12,14-16H,2,4-10H2/t15-,16-. The van der Waals surface area contributed by atoms with Crippen LogP contribution in [-0.2, 0) is 6.42 Å². The highest BCUT2D eigenvalue weighted by Gasteiger charge is 2.20. The zero-order valence-electron chi connectivity index (χ0n) is 12.9. The number of benzene rings is 1. The molecular formula is C19H23F2N. The Labute approximate surface area is 131 Å². The summed E-state index contributed by atoms with van der Waals surface area (Å²) in [5, 5.41) is 8.44. The number of allylic oxidation sites excluding steroid dienone is 2. The van der Waals surface area contributed by atoms with E-state index < -0.39 is 11.6 Å². The van der Waals surface area contributed by atoms with Crippen molar-refractivity contribution in [3.8, 4) is 6.07 Å². The number of hydrogen-bond acceptors (Lipinski definition) is 1. The molecule has 1 saturated carbocycles.